The van der Waals surface area contributed by atoms with Crippen molar-refractivity contribution < 1.29 is 0 Å². The van der Waals surface area contributed by atoms with Crippen LogP contribution in [0.25, 0.3) is 0 Å². The van der Waals surface area contributed by atoms with E-state index in [0.29, 0.717) is 12.0 Å². The van der Waals surface area contributed by atoms with Crippen LogP contribution in [-0.4, -0.2) is 23.3 Å². The van der Waals surface area contributed by atoms with Crippen molar-refractivity contribution in [3.8, 4) is 0 Å². The summed E-state index contributed by atoms with van der Waals surface area (Å²) in [5, 5.41) is 8.24. The van der Waals surface area contributed by atoms with Crippen molar-refractivity contribution in [1.82, 2.24) is 4.90 Å². The van der Waals surface area contributed by atoms with E-state index in [1.807, 2.05) is 0 Å². The minimum atomic E-state index is 0.587. The molecule has 1 N–H and O–H groups in total. The maximum absolute atomic E-state index is 8.24. The molecular weight excluding hydrogens is 172 g/mol. The van der Waals surface area contributed by atoms with Gasteiger partial charge in [0.15, 0.2) is 0 Å². The normalized spacial score (nSPS) is 29.5. The van der Waals surface area contributed by atoms with Gasteiger partial charge >= 0.3 is 0 Å². The van der Waals surface area contributed by atoms with E-state index in [9.17, 15) is 0 Å². The summed E-state index contributed by atoms with van der Waals surface area (Å²) in [6.07, 6.45) is 9.18. The zero-order chi connectivity index (χ0) is 9.97. The van der Waals surface area contributed by atoms with E-state index >= 15 is 0 Å². The second-order valence-electron chi connectivity index (χ2n) is 4.90. The summed E-state index contributed by atoms with van der Waals surface area (Å²) in [6.45, 7) is 3.40. The van der Waals surface area contributed by atoms with Gasteiger partial charge in [-0.2, -0.15) is 0 Å². The van der Waals surface area contributed by atoms with E-state index in [4.69, 9.17) is 5.41 Å². The Kier molecular flexibility index (Phi) is 3.09. The molecule has 14 heavy (non-hydrogen) atoms. The SMILES string of the molecule is CC1CCCN1C(=N)C1CCCCC1. The second-order valence-corrected chi connectivity index (χ2v) is 4.90. The third-order valence-corrected chi connectivity index (χ3v) is 3.85. The number of hydrogen-bond donors (Lipinski definition) is 1. The van der Waals surface area contributed by atoms with Gasteiger partial charge in [-0.3, -0.25) is 5.41 Å². The van der Waals surface area contributed by atoms with E-state index in [1.54, 1.807) is 0 Å². The average Bonchev–Trinajstić information content (AvgIpc) is 2.65. The van der Waals surface area contributed by atoms with Crippen molar-refractivity contribution in [2.45, 2.75) is 57.9 Å². The third kappa shape index (κ3) is 1.94. The van der Waals surface area contributed by atoms with Crippen molar-refractivity contribution >= 4 is 5.84 Å². The summed E-state index contributed by atoms with van der Waals surface area (Å²) in [5.74, 6) is 1.54. The van der Waals surface area contributed by atoms with Crippen LogP contribution < -0.4 is 0 Å². The predicted molar refractivity (Wildman–Crippen MR) is 59.7 cm³/mol. The van der Waals surface area contributed by atoms with Crippen LogP contribution in [0.3, 0.4) is 0 Å². The van der Waals surface area contributed by atoms with Crippen LogP contribution in [0.4, 0.5) is 0 Å². The zero-order valence-corrected chi connectivity index (χ0v) is 9.26. The Labute approximate surface area is 87.2 Å². The molecule has 1 atom stereocenters. The fraction of sp³-hybridized carbons (Fsp3) is 0.917. The van der Waals surface area contributed by atoms with Crippen molar-refractivity contribution in [1.29, 1.82) is 5.41 Å². The number of nitrogens with one attached hydrogen (secondary N) is 1. The maximum atomic E-state index is 8.24. The number of rotatable bonds is 1. The van der Waals surface area contributed by atoms with Crippen LogP contribution >= 0.6 is 0 Å². The molecule has 2 heteroatoms. The summed E-state index contributed by atoms with van der Waals surface area (Å²) >= 11 is 0. The molecule has 1 heterocycles. The summed E-state index contributed by atoms with van der Waals surface area (Å²) in [5.41, 5.74) is 0. The summed E-state index contributed by atoms with van der Waals surface area (Å²) in [7, 11) is 0. The van der Waals surface area contributed by atoms with Gasteiger partial charge in [-0.25, -0.2) is 0 Å². The molecule has 0 spiro atoms. The van der Waals surface area contributed by atoms with Gasteiger partial charge in [-0.05, 0) is 32.6 Å². The highest BCUT2D eigenvalue weighted by Crippen LogP contribution is 2.28. The molecule has 0 aromatic heterocycles. The number of hydrogen-bond acceptors (Lipinski definition) is 1. The van der Waals surface area contributed by atoms with E-state index in [1.165, 1.54) is 44.9 Å². The largest absolute Gasteiger partial charge is 0.358 e. The number of amidine groups is 1. The molecule has 0 amide bonds. The first-order valence-electron chi connectivity index (χ1n) is 6.14. The summed E-state index contributed by atoms with van der Waals surface area (Å²) in [6, 6.07) is 0.629. The lowest BCUT2D eigenvalue weighted by Crippen LogP contribution is -2.38. The monoisotopic (exact) mass is 194 g/mol. The van der Waals surface area contributed by atoms with Gasteiger partial charge < -0.3 is 4.90 Å². The van der Waals surface area contributed by atoms with Gasteiger partial charge in [0, 0.05) is 18.5 Å². The molecule has 0 aromatic carbocycles. The molecule has 1 unspecified atom stereocenters. The van der Waals surface area contributed by atoms with Gasteiger partial charge in [0.05, 0.1) is 5.84 Å². The van der Waals surface area contributed by atoms with Crippen molar-refractivity contribution in [3.05, 3.63) is 0 Å². The van der Waals surface area contributed by atoms with E-state index < -0.39 is 0 Å². The summed E-state index contributed by atoms with van der Waals surface area (Å²) < 4.78 is 0. The molecule has 1 aliphatic heterocycles. The fourth-order valence-corrected chi connectivity index (χ4v) is 2.90. The smallest absolute Gasteiger partial charge is 0.0991 e. The zero-order valence-electron chi connectivity index (χ0n) is 9.26. The van der Waals surface area contributed by atoms with E-state index in [0.717, 1.165) is 12.4 Å². The van der Waals surface area contributed by atoms with Gasteiger partial charge in [-0.15, -0.1) is 0 Å². The number of likely N-dealkylation sites (tertiary alicyclic amines) is 1. The fourth-order valence-electron chi connectivity index (χ4n) is 2.90. The highest BCUT2D eigenvalue weighted by Gasteiger charge is 2.28. The molecule has 2 nitrogen and oxygen atoms in total. The Balaban J connectivity index is 1.92. The molecule has 2 fully saturated rings. The first-order valence-corrected chi connectivity index (χ1v) is 6.14. The average molecular weight is 194 g/mol. The third-order valence-electron chi connectivity index (χ3n) is 3.85. The first kappa shape index (κ1) is 10.0. The van der Waals surface area contributed by atoms with Crippen molar-refractivity contribution in [2.24, 2.45) is 5.92 Å². The Morgan fingerprint density at radius 3 is 2.36 bits per heavy atom. The van der Waals surface area contributed by atoms with Crippen LogP contribution in [0, 0.1) is 11.3 Å². The highest BCUT2D eigenvalue weighted by atomic mass is 15.2. The predicted octanol–water partition coefficient (Wildman–Crippen LogP) is 3.03. The molecule has 0 bridgehead atoms. The minimum Gasteiger partial charge on any atom is -0.358 e. The van der Waals surface area contributed by atoms with Crippen LogP contribution in [-0.2, 0) is 0 Å². The number of nitrogens with zero attached hydrogens (tertiary/aromatic N) is 1. The first-order chi connectivity index (χ1) is 6.79. The van der Waals surface area contributed by atoms with Crippen LogP contribution in [0.15, 0.2) is 0 Å². The lowest BCUT2D eigenvalue weighted by Gasteiger charge is -2.31. The Hall–Kier alpha value is -0.530. The van der Waals surface area contributed by atoms with Crippen LogP contribution in [0.5, 0.6) is 0 Å². The van der Waals surface area contributed by atoms with Crippen LogP contribution in [0.1, 0.15) is 51.9 Å². The maximum Gasteiger partial charge on any atom is 0.0991 e. The van der Waals surface area contributed by atoms with Crippen molar-refractivity contribution in [3.63, 3.8) is 0 Å². The molecule has 1 aliphatic carbocycles. The molecule has 0 aromatic rings. The molecule has 1 saturated heterocycles. The quantitative estimate of drug-likeness (QED) is 0.504. The van der Waals surface area contributed by atoms with E-state index in [-0.39, 0.29) is 0 Å². The van der Waals surface area contributed by atoms with Gasteiger partial charge in [0.1, 0.15) is 0 Å². The molecule has 0 radical (unpaired) electrons. The molecule has 80 valence electrons. The second kappa shape index (κ2) is 4.33. The topological polar surface area (TPSA) is 27.1 Å². The van der Waals surface area contributed by atoms with E-state index in [2.05, 4.69) is 11.8 Å². The lowest BCUT2D eigenvalue weighted by molar-refractivity contribution is 0.348. The lowest BCUT2D eigenvalue weighted by atomic mass is 9.88. The molecular formula is C12H22N2. The Morgan fingerprint density at radius 2 is 1.79 bits per heavy atom. The molecule has 1 saturated carbocycles. The van der Waals surface area contributed by atoms with Gasteiger partial charge in [0.2, 0.25) is 0 Å². The Morgan fingerprint density at radius 1 is 1.07 bits per heavy atom. The van der Waals surface area contributed by atoms with Crippen molar-refractivity contribution in [2.75, 3.05) is 6.54 Å². The van der Waals surface area contributed by atoms with Gasteiger partial charge in [-0.1, -0.05) is 19.3 Å². The van der Waals surface area contributed by atoms with Gasteiger partial charge in [0.25, 0.3) is 0 Å². The molecule has 2 aliphatic rings. The summed E-state index contributed by atoms with van der Waals surface area (Å²) in [4.78, 5) is 2.34. The van der Waals surface area contributed by atoms with Crippen LogP contribution in [0.2, 0.25) is 0 Å². The highest BCUT2D eigenvalue weighted by molar-refractivity contribution is 5.82. The molecule has 2 rings (SSSR count). The standard InChI is InChI=1S/C12H22N2/c1-10-6-5-9-14(10)12(13)11-7-3-2-4-8-11/h10-11,13H,2-9H2,1H3. The minimum absolute atomic E-state index is 0.587. The Bertz CT molecular complexity index is 206.